The molecule has 0 bridgehead atoms. The van der Waals surface area contributed by atoms with E-state index in [-0.39, 0.29) is 17.8 Å². The number of carbonyl (C=O) groups is 1. The Morgan fingerprint density at radius 1 is 1.15 bits per heavy atom. The van der Waals surface area contributed by atoms with Crippen LogP contribution in [0.15, 0.2) is 48.7 Å². The van der Waals surface area contributed by atoms with Gasteiger partial charge in [0.25, 0.3) is 5.91 Å². The molecule has 1 amide bonds. The number of amides is 1. The molecule has 2 N–H and O–H groups in total. The number of nitrogens with zero attached hydrogens (tertiary/aromatic N) is 1. The van der Waals surface area contributed by atoms with Crippen LogP contribution in [0.3, 0.4) is 0 Å². The molecule has 4 rings (SSSR count). The van der Waals surface area contributed by atoms with Crippen molar-refractivity contribution in [1.29, 1.82) is 0 Å². The van der Waals surface area contributed by atoms with Crippen molar-refractivity contribution in [3.63, 3.8) is 0 Å². The number of carbonyl (C=O) groups excluding carboxylic acids is 1. The Morgan fingerprint density at radius 3 is 2.62 bits per heavy atom. The minimum Gasteiger partial charge on any atom is -0.360 e. The average molecular weight is 351 g/mol. The number of halogens is 1. The van der Waals surface area contributed by atoms with Gasteiger partial charge in [0.15, 0.2) is 0 Å². The quantitative estimate of drug-likeness (QED) is 0.754. The van der Waals surface area contributed by atoms with E-state index in [1.807, 2.05) is 30.5 Å². The molecule has 0 unspecified atom stereocenters. The lowest BCUT2D eigenvalue weighted by atomic mass is 10.0. The van der Waals surface area contributed by atoms with Gasteiger partial charge < -0.3 is 15.2 Å². The first kappa shape index (κ1) is 16.8. The van der Waals surface area contributed by atoms with E-state index in [1.54, 1.807) is 6.07 Å². The highest BCUT2D eigenvalue weighted by Crippen LogP contribution is 2.29. The average Bonchev–Trinajstić information content (AvgIpc) is 3.06. The zero-order valence-corrected chi connectivity index (χ0v) is 14.8. The lowest BCUT2D eigenvalue weighted by Gasteiger charge is -2.29. The van der Waals surface area contributed by atoms with E-state index in [2.05, 4.69) is 22.2 Å². The molecule has 3 aromatic rings. The monoisotopic (exact) mass is 351 g/mol. The smallest absolute Gasteiger partial charge is 0.251 e. The third kappa shape index (κ3) is 3.35. The molecule has 4 nitrogen and oxygen atoms in total. The van der Waals surface area contributed by atoms with Crippen molar-refractivity contribution in [1.82, 2.24) is 15.2 Å². The molecule has 2 aromatic carbocycles. The number of likely N-dealkylation sites (tertiary alicyclic amines) is 1. The molecule has 1 aromatic heterocycles. The fraction of sp³-hybridized carbons (Fsp3) is 0.286. The second-order valence-corrected chi connectivity index (χ2v) is 7.02. The lowest BCUT2D eigenvalue weighted by Crippen LogP contribution is -2.43. The van der Waals surface area contributed by atoms with Crippen LogP contribution in [0.2, 0.25) is 0 Å². The van der Waals surface area contributed by atoms with Crippen molar-refractivity contribution in [3.8, 4) is 11.1 Å². The van der Waals surface area contributed by atoms with Gasteiger partial charge in [-0.15, -0.1) is 0 Å². The second-order valence-electron chi connectivity index (χ2n) is 7.02. The molecule has 134 valence electrons. The maximum atomic E-state index is 13.3. The van der Waals surface area contributed by atoms with Crippen LogP contribution in [-0.2, 0) is 0 Å². The summed E-state index contributed by atoms with van der Waals surface area (Å²) in [7, 11) is 2.11. The highest BCUT2D eigenvalue weighted by molar-refractivity contribution is 5.97. The van der Waals surface area contributed by atoms with Gasteiger partial charge in [0.05, 0.1) is 0 Å². The van der Waals surface area contributed by atoms with Crippen LogP contribution in [0.1, 0.15) is 23.2 Å². The fourth-order valence-corrected chi connectivity index (χ4v) is 3.56. The summed E-state index contributed by atoms with van der Waals surface area (Å²) in [6.45, 7) is 2.04. The molecule has 1 saturated heterocycles. The van der Waals surface area contributed by atoms with E-state index >= 15 is 0 Å². The number of fused-ring (bicyclic) bond motifs is 1. The molecular formula is C21H22FN3O. The molecule has 5 heteroatoms. The Hall–Kier alpha value is -2.66. The Labute approximate surface area is 152 Å². The maximum Gasteiger partial charge on any atom is 0.251 e. The number of piperidine rings is 1. The first-order valence-corrected chi connectivity index (χ1v) is 8.96. The summed E-state index contributed by atoms with van der Waals surface area (Å²) in [6.07, 6.45) is 3.86. The summed E-state index contributed by atoms with van der Waals surface area (Å²) < 4.78 is 13.3. The number of H-pyrrole nitrogens is 1. The molecule has 1 fully saturated rings. The van der Waals surface area contributed by atoms with Crippen molar-refractivity contribution in [2.75, 3.05) is 20.1 Å². The predicted molar refractivity (Wildman–Crippen MR) is 102 cm³/mol. The Morgan fingerprint density at radius 2 is 1.88 bits per heavy atom. The van der Waals surface area contributed by atoms with Crippen LogP contribution in [0, 0.1) is 5.82 Å². The molecule has 1 aliphatic rings. The third-order valence-corrected chi connectivity index (χ3v) is 5.16. The highest BCUT2D eigenvalue weighted by Gasteiger charge is 2.19. The fourth-order valence-electron chi connectivity index (χ4n) is 3.56. The number of hydrogen-bond donors (Lipinski definition) is 2. The first-order chi connectivity index (χ1) is 12.6. The van der Waals surface area contributed by atoms with Gasteiger partial charge in [0.2, 0.25) is 0 Å². The summed E-state index contributed by atoms with van der Waals surface area (Å²) in [4.78, 5) is 17.9. The largest absolute Gasteiger partial charge is 0.360 e. The Bertz CT molecular complexity index is 924. The number of nitrogens with one attached hydrogen (secondary N) is 2. The topological polar surface area (TPSA) is 48.1 Å². The van der Waals surface area contributed by atoms with E-state index in [4.69, 9.17) is 0 Å². The van der Waals surface area contributed by atoms with Gasteiger partial charge in [0, 0.05) is 34.3 Å². The van der Waals surface area contributed by atoms with Gasteiger partial charge in [-0.3, -0.25) is 4.79 Å². The van der Waals surface area contributed by atoms with Gasteiger partial charge in [-0.2, -0.15) is 0 Å². The third-order valence-electron chi connectivity index (χ3n) is 5.16. The molecule has 0 saturated carbocycles. The standard InChI is InChI=1S/C21H22FN3O/c1-25-10-8-17(9-11-25)24-21(26)15-4-2-14(3-5-15)19-13-23-20-12-16(22)6-7-18(19)20/h2-7,12-13,17,23H,8-11H2,1H3,(H,24,26). The van der Waals surface area contributed by atoms with Crippen molar-refractivity contribution >= 4 is 16.8 Å². The van der Waals surface area contributed by atoms with Gasteiger partial charge in [-0.05, 0) is 68.9 Å². The lowest BCUT2D eigenvalue weighted by molar-refractivity contribution is 0.0917. The van der Waals surface area contributed by atoms with Crippen LogP contribution < -0.4 is 5.32 Å². The Kier molecular flexibility index (Phi) is 4.47. The molecule has 0 atom stereocenters. The number of rotatable bonds is 3. The summed E-state index contributed by atoms with van der Waals surface area (Å²) in [5.41, 5.74) is 3.43. The second kappa shape index (κ2) is 6.92. The number of hydrogen-bond acceptors (Lipinski definition) is 2. The SMILES string of the molecule is CN1CCC(NC(=O)c2ccc(-c3c[nH]c4cc(F)ccc34)cc2)CC1. The van der Waals surface area contributed by atoms with Gasteiger partial charge in [-0.25, -0.2) is 4.39 Å². The van der Waals surface area contributed by atoms with E-state index in [0.29, 0.717) is 5.56 Å². The summed E-state index contributed by atoms with van der Waals surface area (Å²) >= 11 is 0. The van der Waals surface area contributed by atoms with Gasteiger partial charge in [-0.1, -0.05) is 12.1 Å². The summed E-state index contributed by atoms with van der Waals surface area (Å²) in [5, 5.41) is 4.10. The van der Waals surface area contributed by atoms with Crippen molar-refractivity contribution in [3.05, 3.63) is 60.0 Å². The molecular weight excluding hydrogens is 329 g/mol. The molecule has 0 radical (unpaired) electrons. The molecule has 0 spiro atoms. The van der Waals surface area contributed by atoms with Gasteiger partial charge >= 0.3 is 0 Å². The normalized spacial score (nSPS) is 16.1. The van der Waals surface area contributed by atoms with E-state index in [0.717, 1.165) is 48.0 Å². The summed E-state index contributed by atoms with van der Waals surface area (Å²) in [5.74, 6) is -0.279. The van der Waals surface area contributed by atoms with Crippen LogP contribution >= 0.6 is 0 Å². The number of benzene rings is 2. The molecule has 1 aliphatic heterocycles. The summed E-state index contributed by atoms with van der Waals surface area (Å²) in [6, 6.07) is 12.6. The van der Waals surface area contributed by atoms with Crippen LogP contribution in [-0.4, -0.2) is 42.0 Å². The Balaban J connectivity index is 1.50. The zero-order valence-electron chi connectivity index (χ0n) is 14.8. The van der Waals surface area contributed by atoms with E-state index in [9.17, 15) is 9.18 Å². The van der Waals surface area contributed by atoms with Crippen molar-refractivity contribution < 1.29 is 9.18 Å². The van der Waals surface area contributed by atoms with Crippen LogP contribution in [0.25, 0.3) is 22.0 Å². The zero-order chi connectivity index (χ0) is 18.1. The predicted octanol–water partition coefficient (Wildman–Crippen LogP) is 3.80. The van der Waals surface area contributed by atoms with Crippen LogP contribution in [0.4, 0.5) is 4.39 Å². The number of aromatic nitrogens is 1. The van der Waals surface area contributed by atoms with E-state index in [1.165, 1.54) is 12.1 Å². The highest BCUT2D eigenvalue weighted by atomic mass is 19.1. The molecule has 26 heavy (non-hydrogen) atoms. The number of aromatic amines is 1. The molecule has 2 heterocycles. The first-order valence-electron chi connectivity index (χ1n) is 8.96. The minimum absolute atomic E-state index is 0.0212. The van der Waals surface area contributed by atoms with Crippen LogP contribution in [0.5, 0.6) is 0 Å². The maximum absolute atomic E-state index is 13.3. The minimum atomic E-state index is -0.258. The van der Waals surface area contributed by atoms with E-state index < -0.39 is 0 Å². The van der Waals surface area contributed by atoms with Gasteiger partial charge in [0.1, 0.15) is 5.82 Å². The molecule has 0 aliphatic carbocycles. The van der Waals surface area contributed by atoms with Crippen molar-refractivity contribution in [2.45, 2.75) is 18.9 Å². The van der Waals surface area contributed by atoms with Crippen molar-refractivity contribution in [2.24, 2.45) is 0 Å².